The first-order valence-corrected chi connectivity index (χ1v) is 11.4. The Morgan fingerprint density at radius 2 is 1.08 bits per heavy atom. The summed E-state index contributed by atoms with van der Waals surface area (Å²) in [6.45, 7) is 11.7. The van der Waals surface area contributed by atoms with Gasteiger partial charge in [-0.3, -0.25) is 24.5 Å². The predicted octanol–water partition coefficient (Wildman–Crippen LogP) is 4.21. The smallest absolute Gasteiger partial charge is 0.290 e. The van der Waals surface area contributed by atoms with Gasteiger partial charge >= 0.3 is 0 Å². The number of amides is 1. The topological polar surface area (TPSA) is 143 Å². The molecule has 0 bridgehead atoms. The Morgan fingerprint density at radius 1 is 0.730 bits per heavy atom. The van der Waals surface area contributed by atoms with E-state index in [0.717, 1.165) is 17.1 Å². The molecule has 1 amide bonds. The van der Waals surface area contributed by atoms with Crippen LogP contribution in [-0.2, 0) is 26.2 Å². The van der Waals surface area contributed by atoms with Crippen LogP contribution >= 0.6 is 0 Å². The minimum Gasteiger partial charge on any atom is -0.483 e. The molecule has 0 unspecified atom stereocenters. The summed E-state index contributed by atoms with van der Waals surface area (Å²) >= 11 is 0. The third kappa shape index (κ3) is 14.5. The number of pyridine rings is 3. The number of hydrogen-bond donors (Lipinski definition) is 4. The van der Waals surface area contributed by atoms with Crippen molar-refractivity contribution in [3.8, 4) is 0 Å². The molecule has 3 aromatic heterocycles. The van der Waals surface area contributed by atoms with Crippen molar-refractivity contribution in [2.24, 2.45) is 5.73 Å². The second-order valence-corrected chi connectivity index (χ2v) is 9.23. The number of carboxylic acid groups (broad SMARTS) is 1. The van der Waals surface area contributed by atoms with Gasteiger partial charge in [0.1, 0.15) is 0 Å². The Kier molecular flexibility index (Phi) is 17.0. The van der Waals surface area contributed by atoms with Crippen LogP contribution in [0.4, 0.5) is 0 Å². The Hall–Kier alpha value is -3.69. The summed E-state index contributed by atoms with van der Waals surface area (Å²) in [4.78, 5) is 31.1. The number of nitrogens with one attached hydrogen (secondary N) is 2. The van der Waals surface area contributed by atoms with Gasteiger partial charge in [-0.2, -0.15) is 0 Å². The zero-order valence-electron chi connectivity index (χ0n) is 22.3. The van der Waals surface area contributed by atoms with E-state index in [1.54, 1.807) is 12.4 Å². The van der Waals surface area contributed by atoms with Gasteiger partial charge in [0, 0.05) is 18.6 Å². The number of hydrogen-bond acceptors (Lipinski definition) is 7. The molecular weight excluding hydrogens is 468 g/mol. The molecule has 3 rings (SSSR count). The van der Waals surface area contributed by atoms with Crippen molar-refractivity contribution in [1.82, 2.24) is 25.6 Å². The molecule has 0 fully saturated rings. The van der Waals surface area contributed by atoms with Crippen molar-refractivity contribution in [3.05, 3.63) is 90.3 Å². The molecule has 0 aliphatic carbocycles. The van der Waals surface area contributed by atoms with E-state index in [4.69, 9.17) is 15.6 Å². The minimum absolute atomic E-state index is 0. The van der Waals surface area contributed by atoms with Crippen LogP contribution in [0, 0.1) is 0 Å². The average Bonchev–Trinajstić information content (AvgIpc) is 2.86. The molecule has 204 valence electrons. The van der Waals surface area contributed by atoms with Crippen molar-refractivity contribution >= 4 is 12.9 Å². The van der Waals surface area contributed by atoms with Gasteiger partial charge in [-0.15, -0.1) is 0 Å². The fourth-order valence-electron chi connectivity index (χ4n) is 2.56. The quantitative estimate of drug-likeness (QED) is 0.360. The Morgan fingerprint density at radius 3 is 1.32 bits per heavy atom. The zero-order valence-corrected chi connectivity index (χ0v) is 22.3. The van der Waals surface area contributed by atoms with Gasteiger partial charge in [0.2, 0.25) is 6.41 Å². The molecule has 9 nitrogen and oxygen atoms in total. The lowest BCUT2D eigenvalue weighted by atomic mass is 10.0. The van der Waals surface area contributed by atoms with Gasteiger partial charge in [0.25, 0.3) is 6.47 Å². The van der Waals surface area contributed by atoms with E-state index >= 15 is 0 Å². The highest BCUT2D eigenvalue weighted by Crippen LogP contribution is 2.16. The lowest BCUT2D eigenvalue weighted by Gasteiger charge is -2.22. The minimum atomic E-state index is -0.386. The number of aromatic nitrogens is 3. The summed E-state index contributed by atoms with van der Waals surface area (Å²) in [6.07, 6.45) is 5.97. The van der Waals surface area contributed by atoms with E-state index in [9.17, 15) is 4.79 Å². The second kappa shape index (κ2) is 17.7. The van der Waals surface area contributed by atoms with Crippen molar-refractivity contribution in [2.75, 3.05) is 7.05 Å². The maximum absolute atomic E-state index is 10.3. The highest BCUT2D eigenvalue weighted by atomic mass is 16.3. The average molecular weight is 513 g/mol. The van der Waals surface area contributed by atoms with Gasteiger partial charge in [0.05, 0.1) is 33.7 Å². The van der Waals surface area contributed by atoms with Gasteiger partial charge in [0.15, 0.2) is 0 Å². The summed E-state index contributed by atoms with van der Waals surface area (Å²) in [6, 6.07) is 17.3. The van der Waals surface area contributed by atoms with Crippen LogP contribution < -0.4 is 16.4 Å². The number of nitrogens with two attached hydrogens (primary N) is 1. The van der Waals surface area contributed by atoms with E-state index in [1.165, 1.54) is 0 Å². The lowest BCUT2D eigenvalue weighted by molar-refractivity contribution is -0.122. The Balaban J connectivity index is 0. The van der Waals surface area contributed by atoms with Gasteiger partial charge in [-0.05, 0) is 85.0 Å². The molecule has 3 aromatic rings. The Labute approximate surface area is 222 Å². The van der Waals surface area contributed by atoms with Crippen LogP contribution in [0.3, 0.4) is 0 Å². The molecule has 0 saturated carbocycles. The van der Waals surface area contributed by atoms with Crippen molar-refractivity contribution in [1.29, 1.82) is 0 Å². The molecule has 0 saturated heterocycles. The fraction of sp³-hybridized carbons (Fsp3) is 0.393. The molecular formula is C28H44N6O3. The van der Waals surface area contributed by atoms with E-state index in [0.29, 0.717) is 6.41 Å². The molecule has 0 spiro atoms. The van der Waals surface area contributed by atoms with Gasteiger partial charge in [-0.25, -0.2) is 0 Å². The van der Waals surface area contributed by atoms with E-state index < -0.39 is 0 Å². The van der Waals surface area contributed by atoms with E-state index in [1.807, 2.05) is 95.5 Å². The van der Waals surface area contributed by atoms with Crippen LogP contribution in [0.5, 0.6) is 0 Å². The molecule has 0 aliphatic rings. The molecule has 0 aromatic carbocycles. The zero-order chi connectivity index (χ0) is 27.7. The summed E-state index contributed by atoms with van der Waals surface area (Å²) in [7, 11) is 1.94. The third-order valence-electron chi connectivity index (χ3n) is 4.98. The van der Waals surface area contributed by atoms with Crippen LogP contribution in [0.25, 0.3) is 0 Å². The summed E-state index contributed by atoms with van der Waals surface area (Å²) < 4.78 is 0. The van der Waals surface area contributed by atoms with Crippen LogP contribution in [0.2, 0.25) is 0 Å². The predicted molar refractivity (Wildman–Crippen MR) is 150 cm³/mol. The number of carbonyl (C=O) groups is 2. The fourth-order valence-corrected chi connectivity index (χ4v) is 2.56. The van der Waals surface area contributed by atoms with Crippen molar-refractivity contribution in [2.45, 2.75) is 65.6 Å². The lowest BCUT2D eigenvalue weighted by Crippen LogP contribution is -2.36. The van der Waals surface area contributed by atoms with E-state index in [-0.39, 0.29) is 30.5 Å². The monoisotopic (exact) mass is 512 g/mol. The molecule has 3 heterocycles. The Bertz CT molecular complexity index is 977. The summed E-state index contributed by atoms with van der Waals surface area (Å²) in [5.41, 5.74) is 7.92. The molecule has 0 aliphatic heterocycles. The number of rotatable bonds is 6. The third-order valence-corrected chi connectivity index (χ3v) is 4.98. The van der Waals surface area contributed by atoms with E-state index in [2.05, 4.69) is 39.4 Å². The summed E-state index contributed by atoms with van der Waals surface area (Å²) in [5, 5.41) is 12.8. The van der Waals surface area contributed by atoms with Crippen LogP contribution in [0.1, 0.15) is 66.1 Å². The number of nitrogens with zero attached hydrogens (tertiary/aromatic N) is 3. The molecule has 9 heteroatoms. The number of carbonyl (C=O) groups excluding carboxylic acids is 1. The first-order valence-electron chi connectivity index (χ1n) is 11.4. The van der Waals surface area contributed by atoms with Crippen molar-refractivity contribution in [3.63, 3.8) is 0 Å². The maximum Gasteiger partial charge on any atom is 0.290 e. The highest BCUT2D eigenvalue weighted by molar-refractivity contribution is 5.48. The molecule has 37 heavy (non-hydrogen) atoms. The summed E-state index contributed by atoms with van der Waals surface area (Å²) in [5.74, 6) is 0. The second-order valence-electron chi connectivity index (χ2n) is 9.23. The first-order chi connectivity index (χ1) is 16.9. The largest absolute Gasteiger partial charge is 0.483 e. The molecule has 0 radical (unpaired) electrons. The van der Waals surface area contributed by atoms with Crippen LogP contribution in [0.15, 0.2) is 73.2 Å². The maximum atomic E-state index is 10.3. The van der Waals surface area contributed by atoms with Crippen LogP contribution in [-0.4, -0.2) is 40.0 Å². The SMILES string of the molecule is C.CC(C)(N)c1ccccn1.CC(C)(NC=O)c1ccccn1.CNC(C)(C)c1ccccn1.O=CO. The van der Waals surface area contributed by atoms with Gasteiger partial charge in [-0.1, -0.05) is 25.6 Å². The normalized spacial score (nSPS) is 10.4. The highest BCUT2D eigenvalue weighted by Gasteiger charge is 2.20. The standard InChI is InChI=1S/C9H12N2O.C9H14N2.C8H12N2.CH2O2.CH4/c1-9(2,11-7-12)8-5-3-4-6-10-8;1-9(2,10-3)8-6-4-5-7-11-8;1-8(2,9)7-5-3-4-6-10-7;2-1-3;/h3-7H,1-2H3,(H,11,12);4-7,10H,1-3H3;3-6H,9H2,1-2H3;1H,(H,2,3);1H4. The van der Waals surface area contributed by atoms with Gasteiger partial charge < -0.3 is 21.5 Å². The first kappa shape index (κ1) is 35.5. The molecule has 0 atom stereocenters. The molecule has 5 N–H and O–H groups in total. The van der Waals surface area contributed by atoms with Crippen molar-refractivity contribution < 1.29 is 14.7 Å².